The van der Waals surface area contributed by atoms with Gasteiger partial charge in [0.05, 0.1) is 6.04 Å². The van der Waals surface area contributed by atoms with Crippen LogP contribution in [0.3, 0.4) is 0 Å². The number of hydrogen-bond donors (Lipinski definition) is 3. The number of nitrogens with one attached hydrogen (secondary N) is 2. The third-order valence-electron chi connectivity index (χ3n) is 5.84. The second kappa shape index (κ2) is 11.1. The Morgan fingerprint density at radius 3 is 2.38 bits per heavy atom. The van der Waals surface area contributed by atoms with Gasteiger partial charge in [0.15, 0.2) is 5.69 Å². The Morgan fingerprint density at radius 2 is 1.78 bits per heavy atom. The van der Waals surface area contributed by atoms with Gasteiger partial charge in [-0.05, 0) is 70.9 Å². The Kier molecular flexibility index (Phi) is 8.39. The predicted molar refractivity (Wildman–Crippen MR) is 140 cm³/mol. The minimum Gasteiger partial charge on any atom is -0.476 e. The molecule has 198 valence electrons. The van der Waals surface area contributed by atoms with E-state index in [1.54, 1.807) is 39.8 Å². The first-order chi connectivity index (χ1) is 17.4. The zero-order valence-corrected chi connectivity index (χ0v) is 22.5. The van der Waals surface area contributed by atoms with Crippen LogP contribution in [0.2, 0.25) is 0 Å². The first-order valence-corrected chi connectivity index (χ1v) is 13.4. The molecule has 1 heterocycles. The summed E-state index contributed by atoms with van der Waals surface area (Å²) >= 11 is 0. The minimum absolute atomic E-state index is 0.0356. The molecule has 0 bridgehead atoms. The van der Waals surface area contributed by atoms with Crippen LogP contribution in [-0.2, 0) is 10.0 Å². The number of sulfonamides is 1. The van der Waals surface area contributed by atoms with Crippen LogP contribution < -0.4 is 14.8 Å². The van der Waals surface area contributed by atoms with Crippen LogP contribution in [0.25, 0.3) is 0 Å². The summed E-state index contributed by atoms with van der Waals surface area (Å²) in [5, 5.41) is 16.4. The zero-order valence-electron chi connectivity index (χ0n) is 21.7. The molecule has 0 aliphatic rings. The van der Waals surface area contributed by atoms with Crippen LogP contribution in [0, 0.1) is 13.8 Å². The van der Waals surface area contributed by atoms with Gasteiger partial charge < -0.3 is 15.2 Å². The summed E-state index contributed by atoms with van der Waals surface area (Å²) in [5.74, 6) is -1.53. The van der Waals surface area contributed by atoms with E-state index in [-0.39, 0.29) is 51.5 Å². The van der Waals surface area contributed by atoms with Crippen LogP contribution in [0.4, 0.5) is 5.69 Å². The fourth-order valence-corrected chi connectivity index (χ4v) is 5.08. The molecule has 0 spiro atoms. The smallest absolute Gasteiger partial charge is 0.356 e. The number of carboxylic acid groups (broad SMARTS) is 1. The van der Waals surface area contributed by atoms with Gasteiger partial charge in [-0.3, -0.25) is 4.79 Å². The fraction of sp³-hybridized carbons (Fsp3) is 0.346. The van der Waals surface area contributed by atoms with Gasteiger partial charge in [-0.25, -0.2) is 22.6 Å². The molecule has 37 heavy (non-hydrogen) atoms. The van der Waals surface area contributed by atoms with Gasteiger partial charge in [0.25, 0.3) is 5.91 Å². The lowest BCUT2D eigenvalue weighted by Crippen LogP contribution is -2.32. The van der Waals surface area contributed by atoms with E-state index < -0.39 is 16.0 Å². The highest BCUT2D eigenvalue weighted by Gasteiger charge is 2.27. The number of carbonyl (C=O) groups is 2. The highest BCUT2D eigenvalue weighted by molar-refractivity contribution is 7.89. The Hall–Kier alpha value is -3.70. The van der Waals surface area contributed by atoms with E-state index in [1.807, 2.05) is 26.0 Å². The van der Waals surface area contributed by atoms with Crippen molar-refractivity contribution in [2.24, 2.45) is 0 Å². The summed E-state index contributed by atoms with van der Waals surface area (Å²) in [6.45, 7) is 10.5. The van der Waals surface area contributed by atoms with Crippen molar-refractivity contribution in [3.8, 4) is 11.6 Å². The van der Waals surface area contributed by atoms with E-state index in [4.69, 9.17) is 4.74 Å². The third-order valence-corrected chi connectivity index (χ3v) is 7.45. The molecule has 0 saturated heterocycles. The molecular formula is C26H32N4O6S. The molecule has 0 aliphatic carbocycles. The Labute approximate surface area is 216 Å². The van der Waals surface area contributed by atoms with E-state index in [1.165, 1.54) is 22.9 Å². The third kappa shape index (κ3) is 6.17. The van der Waals surface area contributed by atoms with E-state index in [9.17, 15) is 23.1 Å². The average molecular weight is 529 g/mol. The van der Waals surface area contributed by atoms with Gasteiger partial charge in [0.2, 0.25) is 15.9 Å². The average Bonchev–Trinajstić information content (AvgIpc) is 3.16. The molecule has 1 atom stereocenters. The van der Waals surface area contributed by atoms with Crippen LogP contribution in [0.5, 0.6) is 11.6 Å². The number of benzene rings is 2. The maximum absolute atomic E-state index is 13.4. The highest BCUT2D eigenvalue weighted by atomic mass is 32.2. The summed E-state index contributed by atoms with van der Waals surface area (Å²) in [7, 11) is -4.08. The molecule has 3 N–H and O–H groups in total. The topological polar surface area (TPSA) is 140 Å². The van der Waals surface area contributed by atoms with Crippen molar-refractivity contribution in [1.82, 2.24) is 14.5 Å². The molecule has 3 rings (SSSR count). The van der Waals surface area contributed by atoms with Crippen LogP contribution in [0.15, 0.2) is 47.4 Å². The number of carbonyl (C=O) groups excluding carboxylic acids is 1. The summed E-state index contributed by atoms with van der Waals surface area (Å²) in [5.41, 5.74) is 1.57. The number of carboxylic acids is 1. The predicted octanol–water partition coefficient (Wildman–Crippen LogP) is 4.90. The molecule has 0 unspecified atom stereocenters. The molecule has 10 nitrogen and oxygen atoms in total. The van der Waals surface area contributed by atoms with Gasteiger partial charge >= 0.3 is 5.97 Å². The molecule has 0 aliphatic heterocycles. The molecule has 1 aromatic heterocycles. The van der Waals surface area contributed by atoms with Gasteiger partial charge in [0, 0.05) is 22.9 Å². The standard InChI is InChI=1S/C26H32N4O6S/c1-7-17(5)29-37(34,35)22-14-19(27-24(31)20-11-9-8-10-16(20)4)12-13-21(22)36-25-18(6)23(26(32)33)28-30(25)15(2)3/h8-15,17,29H,7H2,1-6H3,(H,27,31)(H,32,33)/t17-/m0/s1. The molecule has 3 aromatic rings. The first kappa shape index (κ1) is 27.9. The lowest BCUT2D eigenvalue weighted by Gasteiger charge is -2.18. The Bertz CT molecular complexity index is 1430. The van der Waals surface area contributed by atoms with Gasteiger partial charge in [-0.2, -0.15) is 5.10 Å². The van der Waals surface area contributed by atoms with Crippen molar-refractivity contribution < 1.29 is 27.9 Å². The zero-order chi connectivity index (χ0) is 27.5. The van der Waals surface area contributed by atoms with Crippen molar-refractivity contribution in [2.45, 2.75) is 64.9 Å². The lowest BCUT2D eigenvalue weighted by molar-refractivity contribution is 0.0688. The fourth-order valence-electron chi connectivity index (χ4n) is 3.60. The number of aryl methyl sites for hydroxylation is 1. The normalized spacial score (nSPS) is 12.4. The maximum Gasteiger partial charge on any atom is 0.356 e. The summed E-state index contributed by atoms with van der Waals surface area (Å²) in [6.07, 6.45) is 0.556. The summed E-state index contributed by atoms with van der Waals surface area (Å²) < 4.78 is 36.8. The molecule has 11 heteroatoms. The minimum atomic E-state index is -4.08. The van der Waals surface area contributed by atoms with Crippen LogP contribution >= 0.6 is 0 Å². The van der Waals surface area contributed by atoms with Crippen molar-refractivity contribution >= 4 is 27.6 Å². The van der Waals surface area contributed by atoms with Crippen LogP contribution in [-0.4, -0.2) is 41.2 Å². The molecule has 0 saturated carbocycles. The number of aromatic carboxylic acids is 1. The number of amides is 1. The first-order valence-electron chi connectivity index (χ1n) is 11.9. The van der Waals surface area contributed by atoms with E-state index in [2.05, 4.69) is 15.1 Å². The lowest BCUT2D eigenvalue weighted by atomic mass is 10.1. The quantitative estimate of drug-likeness (QED) is 0.340. The van der Waals surface area contributed by atoms with Gasteiger partial charge in [-0.1, -0.05) is 25.1 Å². The molecule has 0 radical (unpaired) electrons. The second-order valence-electron chi connectivity index (χ2n) is 9.09. The SMILES string of the molecule is CC[C@H](C)NS(=O)(=O)c1cc(NC(=O)c2ccccc2C)ccc1Oc1c(C)c(C(=O)O)nn1C(C)C. The van der Waals surface area contributed by atoms with Gasteiger partial charge in [-0.15, -0.1) is 0 Å². The maximum atomic E-state index is 13.4. The monoisotopic (exact) mass is 528 g/mol. The van der Waals surface area contributed by atoms with Crippen LogP contribution in [0.1, 0.15) is 72.1 Å². The van der Waals surface area contributed by atoms with Crippen molar-refractivity contribution in [2.75, 3.05) is 5.32 Å². The van der Waals surface area contributed by atoms with Crippen molar-refractivity contribution in [3.05, 3.63) is 64.8 Å². The van der Waals surface area contributed by atoms with E-state index in [0.29, 0.717) is 12.0 Å². The number of rotatable bonds is 10. The van der Waals surface area contributed by atoms with E-state index in [0.717, 1.165) is 5.56 Å². The number of nitrogens with zero attached hydrogens (tertiary/aromatic N) is 2. The molecule has 1 amide bonds. The highest BCUT2D eigenvalue weighted by Crippen LogP contribution is 2.35. The Balaban J connectivity index is 2.10. The number of aromatic nitrogens is 2. The van der Waals surface area contributed by atoms with E-state index >= 15 is 0 Å². The molecule has 2 aromatic carbocycles. The molecular weight excluding hydrogens is 496 g/mol. The number of hydrogen-bond acceptors (Lipinski definition) is 6. The summed E-state index contributed by atoms with van der Waals surface area (Å²) in [4.78, 5) is 24.3. The summed E-state index contributed by atoms with van der Waals surface area (Å²) in [6, 6.07) is 10.7. The van der Waals surface area contributed by atoms with Crippen molar-refractivity contribution in [3.63, 3.8) is 0 Å². The molecule has 0 fully saturated rings. The van der Waals surface area contributed by atoms with Crippen molar-refractivity contribution in [1.29, 1.82) is 0 Å². The second-order valence-corrected chi connectivity index (χ2v) is 10.8. The van der Waals surface area contributed by atoms with Gasteiger partial charge in [0.1, 0.15) is 10.6 Å². The Morgan fingerprint density at radius 1 is 1.11 bits per heavy atom. The number of anilines is 1. The largest absolute Gasteiger partial charge is 0.476 e. The number of ether oxygens (including phenoxy) is 1.